The summed E-state index contributed by atoms with van der Waals surface area (Å²) in [6.07, 6.45) is 6.75. The van der Waals surface area contributed by atoms with E-state index in [2.05, 4.69) is 22.3 Å². The summed E-state index contributed by atoms with van der Waals surface area (Å²) in [4.78, 5) is 12.9. The van der Waals surface area contributed by atoms with Crippen LogP contribution in [0.15, 0.2) is 42.7 Å². The zero-order valence-electron chi connectivity index (χ0n) is 11.9. The van der Waals surface area contributed by atoms with Gasteiger partial charge >= 0.3 is 0 Å². The summed E-state index contributed by atoms with van der Waals surface area (Å²) in [5, 5.41) is 3.96. The average Bonchev–Trinajstić information content (AvgIpc) is 3.15. The Bertz CT molecular complexity index is 816. The minimum atomic E-state index is -0.286. The number of hydrogen-bond acceptors (Lipinski definition) is 2. The third-order valence-corrected chi connectivity index (χ3v) is 4.96. The van der Waals surface area contributed by atoms with Crippen LogP contribution >= 0.6 is 11.3 Å². The molecule has 2 heterocycles. The van der Waals surface area contributed by atoms with Gasteiger partial charge < -0.3 is 9.88 Å². The van der Waals surface area contributed by atoms with Gasteiger partial charge in [-0.1, -0.05) is 12.1 Å². The number of nitrogens with zero attached hydrogens (tertiary/aromatic N) is 1. The van der Waals surface area contributed by atoms with Gasteiger partial charge in [0.25, 0.3) is 5.91 Å². The lowest BCUT2D eigenvalue weighted by Crippen LogP contribution is -2.21. The Hall–Kier alpha value is -2.14. The average molecular weight is 314 g/mol. The molecule has 3 aromatic rings. The Labute approximate surface area is 131 Å². The molecule has 4 rings (SSSR count). The lowest BCUT2D eigenvalue weighted by molar-refractivity contribution is 0.0955. The first kappa shape index (κ1) is 13.5. The largest absolute Gasteiger partial charge is 0.349 e. The van der Waals surface area contributed by atoms with Crippen LogP contribution in [0, 0.1) is 5.82 Å². The first-order valence-corrected chi connectivity index (χ1v) is 8.14. The number of carbonyl (C=O) groups excluding carboxylic acids is 1. The Morgan fingerprint density at radius 1 is 1.32 bits per heavy atom. The summed E-state index contributed by atoms with van der Waals surface area (Å²) in [7, 11) is 0. The molecule has 0 atom stereocenters. The van der Waals surface area contributed by atoms with Crippen molar-refractivity contribution < 1.29 is 9.18 Å². The molecule has 112 valence electrons. The van der Waals surface area contributed by atoms with Crippen LogP contribution < -0.4 is 5.32 Å². The molecule has 1 N–H and O–H groups in total. The molecule has 0 unspecified atom stereocenters. The third kappa shape index (κ3) is 2.64. The molecule has 22 heavy (non-hydrogen) atoms. The maximum Gasteiger partial charge on any atom is 0.261 e. The van der Waals surface area contributed by atoms with Crippen molar-refractivity contribution in [1.82, 2.24) is 9.88 Å². The van der Waals surface area contributed by atoms with E-state index in [0.717, 1.165) is 15.6 Å². The van der Waals surface area contributed by atoms with Crippen LogP contribution in [0.3, 0.4) is 0 Å². The number of thiophene rings is 1. The highest BCUT2D eigenvalue weighted by Gasteiger charge is 2.24. The summed E-state index contributed by atoms with van der Waals surface area (Å²) in [5.41, 5.74) is 0.760. The van der Waals surface area contributed by atoms with Gasteiger partial charge in [-0.05, 0) is 36.6 Å². The van der Waals surface area contributed by atoms with Gasteiger partial charge in [-0.3, -0.25) is 4.79 Å². The Morgan fingerprint density at radius 2 is 2.18 bits per heavy atom. The molecular formula is C17H15FN2OS. The van der Waals surface area contributed by atoms with E-state index in [1.54, 1.807) is 12.1 Å². The van der Waals surface area contributed by atoms with Gasteiger partial charge in [0, 0.05) is 30.4 Å². The molecule has 0 bridgehead atoms. The van der Waals surface area contributed by atoms with Crippen molar-refractivity contribution in [3.8, 4) is 0 Å². The van der Waals surface area contributed by atoms with Crippen molar-refractivity contribution in [3.63, 3.8) is 0 Å². The number of nitrogens with one attached hydrogen (secondary N) is 1. The van der Waals surface area contributed by atoms with E-state index in [0.29, 0.717) is 17.5 Å². The minimum absolute atomic E-state index is 0.108. The van der Waals surface area contributed by atoms with Gasteiger partial charge in [-0.2, -0.15) is 0 Å². The fourth-order valence-electron chi connectivity index (χ4n) is 2.57. The molecule has 0 spiro atoms. The predicted octanol–water partition coefficient (Wildman–Crippen LogP) is 4.11. The van der Waals surface area contributed by atoms with Crippen LogP contribution in [-0.4, -0.2) is 10.5 Å². The van der Waals surface area contributed by atoms with Crippen LogP contribution in [-0.2, 0) is 6.54 Å². The fourth-order valence-corrected chi connectivity index (χ4v) is 3.56. The molecule has 5 heteroatoms. The highest BCUT2D eigenvalue weighted by molar-refractivity contribution is 7.20. The van der Waals surface area contributed by atoms with E-state index >= 15 is 0 Å². The smallest absolute Gasteiger partial charge is 0.261 e. The van der Waals surface area contributed by atoms with Crippen LogP contribution in [0.4, 0.5) is 4.39 Å². The monoisotopic (exact) mass is 314 g/mol. The highest BCUT2D eigenvalue weighted by atomic mass is 32.1. The maximum atomic E-state index is 13.1. The van der Waals surface area contributed by atoms with E-state index < -0.39 is 0 Å². The number of hydrogen-bond donors (Lipinski definition) is 1. The molecule has 2 aromatic heterocycles. The van der Waals surface area contributed by atoms with Gasteiger partial charge in [0.2, 0.25) is 0 Å². The summed E-state index contributed by atoms with van der Waals surface area (Å²) in [5.74, 6) is -0.394. The SMILES string of the molecule is O=C(NCc1cccc(F)c1)c1cc2cn(C3CC3)cc2s1. The molecule has 0 aliphatic heterocycles. The number of halogens is 1. The van der Waals surface area contributed by atoms with Crippen molar-refractivity contribution in [2.24, 2.45) is 0 Å². The van der Waals surface area contributed by atoms with E-state index in [9.17, 15) is 9.18 Å². The van der Waals surface area contributed by atoms with Crippen LogP contribution in [0.25, 0.3) is 10.1 Å². The molecule has 1 saturated carbocycles. The second kappa shape index (κ2) is 5.25. The number of aromatic nitrogens is 1. The second-order valence-electron chi connectivity index (χ2n) is 5.68. The number of rotatable bonds is 4. The van der Waals surface area contributed by atoms with Crippen LogP contribution in [0.2, 0.25) is 0 Å². The zero-order valence-corrected chi connectivity index (χ0v) is 12.7. The first-order valence-electron chi connectivity index (χ1n) is 7.33. The van der Waals surface area contributed by atoms with Gasteiger partial charge in [-0.25, -0.2) is 4.39 Å². The van der Waals surface area contributed by atoms with Crippen molar-refractivity contribution in [2.45, 2.75) is 25.4 Å². The minimum Gasteiger partial charge on any atom is -0.349 e. The Kier molecular flexibility index (Phi) is 3.22. The lowest BCUT2D eigenvalue weighted by Gasteiger charge is -2.03. The van der Waals surface area contributed by atoms with Gasteiger partial charge in [0.15, 0.2) is 0 Å². The van der Waals surface area contributed by atoms with E-state index in [-0.39, 0.29) is 11.7 Å². The number of carbonyl (C=O) groups is 1. The van der Waals surface area contributed by atoms with E-state index in [4.69, 9.17) is 0 Å². The first-order chi connectivity index (χ1) is 10.7. The molecule has 1 aliphatic carbocycles. The van der Waals surface area contributed by atoms with Crippen molar-refractivity contribution in [3.05, 3.63) is 59.0 Å². The standard InChI is InChI=1S/C17H15FN2OS/c18-13-3-1-2-11(6-13)8-19-17(21)15-7-12-9-20(14-4-5-14)10-16(12)22-15/h1-3,6-7,9-10,14H,4-5,8H2,(H,19,21). The van der Waals surface area contributed by atoms with Crippen molar-refractivity contribution in [1.29, 1.82) is 0 Å². The summed E-state index contributed by atoms with van der Waals surface area (Å²) in [6, 6.07) is 8.86. The van der Waals surface area contributed by atoms with Crippen molar-refractivity contribution >= 4 is 27.3 Å². The van der Waals surface area contributed by atoms with E-state index in [1.807, 2.05) is 6.07 Å². The molecule has 1 aromatic carbocycles. The number of amides is 1. The fraction of sp³-hybridized carbons (Fsp3) is 0.235. The van der Waals surface area contributed by atoms with Gasteiger partial charge in [-0.15, -0.1) is 11.3 Å². The predicted molar refractivity (Wildman–Crippen MR) is 85.7 cm³/mol. The second-order valence-corrected chi connectivity index (χ2v) is 6.76. The quantitative estimate of drug-likeness (QED) is 0.772. The summed E-state index contributed by atoms with van der Waals surface area (Å²) >= 11 is 1.50. The molecule has 0 saturated heterocycles. The molecule has 1 aliphatic rings. The molecule has 1 fully saturated rings. The molecular weight excluding hydrogens is 299 g/mol. The topological polar surface area (TPSA) is 34.0 Å². The van der Waals surface area contributed by atoms with Crippen LogP contribution in [0.5, 0.6) is 0 Å². The number of fused-ring (bicyclic) bond motifs is 1. The lowest BCUT2D eigenvalue weighted by atomic mass is 10.2. The maximum absolute atomic E-state index is 13.1. The summed E-state index contributed by atoms with van der Waals surface area (Å²) in [6.45, 7) is 0.334. The van der Waals surface area contributed by atoms with Crippen molar-refractivity contribution in [2.75, 3.05) is 0 Å². The zero-order chi connectivity index (χ0) is 15.1. The molecule has 1 amide bonds. The Balaban J connectivity index is 1.46. The normalized spacial score (nSPS) is 14.4. The molecule has 0 radical (unpaired) electrons. The van der Waals surface area contributed by atoms with Gasteiger partial charge in [0.05, 0.1) is 9.58 Å². The third-order valence-electron chi connectivity index (χ3n) is 3.88. The number of benzene rings is 1. The highest BCUT2D eigenvalue weighted by Crippen LogP contribution is 2.38. The summed E-state index contributed by atoms with van der Waals surface area (Å²) < 4.78 is 16.5. The van der Waals surface area contributed by atoms with Crippen LogP contribution in [0.1, 0.15) is 34.1 Å². The molecule has 3 nitrogen and oxygen atoms in total. The van der Waals surface area contributed by atoms with Gasteiger partial charge in [0.1, 0.15) is 5.82 Å². The van der Waals surface area contributed by atoms with E-state index in [1.165, 1.54) is 36.3 Å². The Morgan fingerprint density at radius 3 is 2.91 bits per heavy atom.